The molecule has 0 aliphatic heterocycles. The third-order valence-electron chi connectivity index (χ3n) is 11.1. The van der Waals surface area contributed by atoms with Crippen LogP contribution >= 0.6 is 11.3 Å². The van der Waals surface area contributed by atoms with E-state index in [1.54, 1.807) is 11.3 Å². The standard InChI is InChI=1S/C51H30N4OS/c1-3-12-31(13-4-1)49-52-50(32-14-5-2-6-15-32)54-51(53-49)38-18-11-21-47-48(38)41-29-34(23-27-46(41)57-47)33-22-25-43-39(28-33)36-16-7-9-19-42(36)55(43)35-24-26-45-40(30-35)37-17-8-10-20-44(37)56-45/h1-30H. The van der Waals surface area contributed by atoms with Gasteiger partial charge in [0, 0.05) is 64.1 Å². The predicted octanol–water partition coefficient (Wildman–Crippen LogP) is 13.9. The highest BCUT2D eigenvalue weighted by molar-refractivity contribution is 7.26. The largest absolute Gasteiger partial charge is 0.456 e. The molecule has 0 amide bonds. The van der Waals surface area contributed by atoms with Gasteiger partial charge < -0.3 is 8.98 Å². The van der Waals surface area contributed by atoms with Crippen LogP contribution in [0.15, 0.2) is 186 Å². The van der Waals surface area contributed by atoms with E-state index in [9.17, 15) is 0 Å². The monoisotopic (exact) mass is 746 g/mol. The van der Waals surface area contributed by atoms with Crippen molar-refractivity contribution < 1.29 is 4.42 Å². The smallest absolute Gasteiger partial charge is 0.164 e. The number of para-hydroxylation sites is 2. The molecule has 0 saturated carbocycles. The average molecular weight is 747 g/mol. The highest BCUT2D eigenvalue weighted by Crippen LogP contribution is 2.43. The van der Waals surface area contributed by atoms with Crippen molar-refractivity contribution in [2.45, 2.75) is 0 Å². The van der Waals surface area contributed by atoms with Gasteiger partial charge in [-0.15, -0.1) is 11.3 Å². The third-order valence-corrected chi connectivity index (χ3v) is 12.2. The van der Waals surface area contributed by atoms with Crippen molar-refractivity contribution in [3.63, 3.8) is 0 Å². The minimum absolute atomic E-state index is 0.655. The van der Waals surface area contributed by atoms with Gasteiger partial charge in [0.05, 0.1) is 11.0 Å². The fourth-order valence-corrected chi connectivity index (χ4v) is 9.52. The molecule has 0 unspecified atom stereocenters. The zero-order valence-corrected chi connectivity index (χ0v) is 31.2. The number of furan rings is 1. The minimum atomic E-state index is 0.655. The second-order valence-corrected chi connectivity index (χ2v) is 15.5. The van der Waals surface area contributed by atoms with E-state index >= 15 is 0 Å². The molecule has 12 rings (SSSR count). The number of nitrogens with zero attached hydrogens (tertiary/aromatic N) is 4. The Balaban J connectivity index is 1.02. The Bertz CT molecular complexity index is 3470. The first-order valence-electron chi connectivity index (χ1n) is 19.0. The summed E-state index contributed by atoms with van der Waals surface area (Å²) in [5.74, 6) is 1.97. The van der Waals surface area contributed by atoms with E-state index < -0.39 is 0 Å². The Labute approximate surface area is 330 Å². The molecular weight excluding hydrogens is 717 g/mol. The maximum absolute atomic E-state index is 6.18. The minimum Gasteiger partial charge on any atom is -0.456 e. The van der Waals surface area contributed by atoms with Gasteiger partial charge >= 0.3 is 0 Å². The van der Waals surface area contributed by atoms with Crippen LogP contribution in [-0.2, 0) is 0 Å². The average Bonchev–Trinajstić information content (AvgIpc) is 3.95. The molecule has 12 aromatic rings. The highest BCUT2D eigenvalue weighted by atomic mass is 32.1. The van der Waals surface area contributed by atoms with Crippen molar-refractivity contribution in [2.24, 2.45) is 0 Å². The van der Waals surface area contributed by atoms with Crippen LogP contribution < -0.4 is 0 Å². The first-order chi connectivity index (χ1) is 28.2. The third kappa shape index (κ3) is 5.12. The molecule has 4 heterocycles. The quantitative estimate of drug-likeness (QED) is 0.176. The Kier molecular flexibility index (Phi) is 7.03. The lowest BCUT2D eigenvalue weighted by atomic mass is 9.99. The van der Waals surface area contributed by atoms with E-state index in [1.165, 1.54) is 36.6 Å². The van der Waals surface area contributed by atoms with Crippen LogP contribution in [0.3, 0.4) is 0 Å². The molecule has 0 saturated heterocycles. The number of fused-ring (bicyclic) bond motifs is 9. The van der Waals surface area contributed by atoms with Gasteiger partial charge in [0.15, 0.2) is 17.5 Å². The maximum Gasteiger partial charge on any atom is 0.164 e. The van der Waals surface area contributed by atoms with Crippen molar-refractivity contribution in [1.29, 1.82) is 0 Å². The number of thiophene rings is 1. The lowest BCUT2D eigenvalue weighted by Gasteiger charge is -2.10. The van der Waals surface area contributed by atoms with Crippen molar-refractivity contribution in [3.05, 3.63) is 182 Å². The number of hydrogen-bond donors (Lipinski definition) is 0. The zero-order valence-electron chi connectivity index (χ0n) is 30.4. The molecule has 0 atom stereocenters. The first-order valence-corrected chi connectivity index (χ1v) is 19.8. The second kappa shape index (κ2) is 12.6. The molecule has 0 aliphatic carbocycles. The summed E-state index contributed by atoms with van der Waals surface area (Å²) < 4.78 is 11.0. The van der Waals surface area contributed by atoms with Gasteiger partial charge in [0.2, 0.25) is 0 Å². The molecule has 0 aliphatic rings. The zero-order chi connectivity index (χ0) is 37.5. The van der Waals surface area contributed by atoms with Gasteiger partial charge in [-0.25, -0.2) is 15.0 Å². The van der Waals surface area contributed by atoms with Crippen LogP contribution in [0.2, 0.25) is 0 Å². The van der Waals surface area contributed by atoms with E-state index in [0.717, 1.165) is 60.8 Å². The maximum atomic E-state index is 6.18. The van der Waals surface area contributed by atoms with E-state index in [-0.39, 0.29) is 0 Å². The Morgan fingerprint density at radius 1 is 0.386 bits per heavy atom. The van der Waals surface area contributed by atoms with E-state index in [1.807, 2.05) is 48.5 Å². The molecule has 0 bridgehead atoms. The van der Waals surface area contributed by atoms with Crippen LogP contribution in [0.1, 0.15) is 0 Å². The summed E-state index contributed by atoms with van der Waals surface area (Å²) in [4.78, 5) is 15.2. The van der Waals surface area contributed by atoms with Crippen molar-refractivity contribution >= 4 is 75.3 Å². The van der Waals surface area contributed by atoms with Gasteiger partial charge in [-0.2, -0.15) is 0 Å². The first kappa shape index (κ1) is 31.9. The summed E-state index contributed by atoms with van der Waals surface area (Å²) in [5, 5.41) is 7.02. The van der Waals surface area contributed by atoms with Crippen LogP contribution in [0.4, 0.5) is 0 Å². The van der Waals surface area contributed by atoms with E-state index in [4.69, 9.17) is 19.4 Å². The molecule has 266 valence electrons. The van der Waals surface area contributed by atoms with E-state index in [2.05, 4.69) is 138 Å². The topological polar surface area (TPSA) is 56.7 Å². The highest BCUT2D eigenvalue weighted by Gasteiger charge is 2.19. The molecule has 57 heavy (non-hydrogen) atoms. The van der Waals surface area contributed by atoms with Crippen LogP contribution in [0.25, 0.3) is 115 Å². The van der Waals surface area contributed by atoms with Gasteiger partial charge in [-0.05, 0) is 71.8 Å². The predicted molar refractivity (Wildman–Crippen MR) is 236 cm³/mol. The second-order valence-electron chi connectivity index (χ2n) is 14.4. The van der Waals surface area contributed by atoms with Crippen LogP contribution in [-0.4, -0.2) is 19.5 Å². The van der Waals surface area contributed by atoms with Crippen molar-refractivity contribution in [2.75, 3.05) is 0 Å². The lowest BCUT2D eigenvalue weighted by Crippen LogP contribution is -2.00. The van der Waals surface area contributed by atoms with Crippen LogP contribution in [0, 0.1) is 0 Å². The summed E-state index contributed by atoms with van der Waals surface area (Å²) >= 11 is 1.80. The van der Waals surface area contributed by atoms with Gasteiger partial charge in [-0.1, -0.05) is 121 Å². The normalized spacial score (nSPS) is 11.9. The fraction of sp³-hybridized carbons (Fsp3) is 0. The van der Waals surface area contributed by atoms with Gasteiger partial charge in [0.25, 0.3) is 0 Å². The molecule has 8 aromatic carbocycles. The molecular formula is C51H30N4OS. The summed E-state index contributed by atoms with van der Waals surface area (Å²) in [6.07, 6.45) is 0. The summed E-state index contributed by atoms with van der Waals surface area (Å²) in [5.41, 5.74) is 10.5. The summed E-state index contributed by atoms with van der Waals surface area (Å²) in [6.45, 7) is 0. The molecule has 0 N–H and O–H groups in total. The number of benzene rings is 8. The molecule has 0 radical (unpaired) electrons. The number of hydrogen-bond acceptors (Lipinski definition) is 5. The summed E-state index contributed by atoms with van der Waals surface area (Å²) in [7, 11) is 0. The fourth-order valence-electron chi connectivity index (χ4n) is 8.41. The molecule has 4 aromatic heterocycles. The van der Waals surface area contributed by atoms with E-state index in [0.29, 0.717) is 17.5 Å². The molecule has 6 heteroatoms. The van der Waals surface area contributed by atoms with Gasteiger partial charge in [-0.3, -0.25) is 0 Å². The molecule has 5 nitrogen and oxygen atoms in total. The van der Waals surface area contributed by atoms with Crippen molar-refractivity contribution in [3.8, 4) is 51.0 Å². The Hall–Kier alpha value is -7.41. The molecule has 0 fully saturated rings. The Morgan fingerprint density at radius 3 is 1.81 bits per heavy atom. The molecule has 0 spiro atoms. The van der Waals surface area contributed by atoms with Crippen molar-refractivity contribution in [1.82, 2.24) is 19.5 Å². The number of aromatic nitrogens is 4. The summed E-state index contributed by atoms with van der Waals surface area (Å²) in [6, 6.07) is 63.9. The lowest BCUT2D eigenvalue weighted by molar-refractivity contribution is 0.669. The SMILES string of the molecule is c1ccc(-c2nc(-c3ccccc3)nc(-c3cccc4sc5ccc(-c6ccc7c(c6)c6ccccc6n7-c6ccc7oc8ccccc8c7c6)cc5c34)n2)cc1. The number of rotatable bonds is 5. The van der Waals surface area contributed by atoms with Gasteiger partial charge in [0.1, 0.15) is 11.2 Å². The Morgan fingerprint density at radius 2 is 1.02 bits per heavy atom. The van der Waals surface area contributed by atoms with Crippen LogP contribution in [0.5, 0.6) is 0 Å².